The molecule has 1 amide bonds. The Hall–Kier alpha value is -0.530. The van der Waals surface area contributed by atoms with Crippen LogP contribution in [0.1, 0.15) is 65.7 Å². The molecule has 0 aliphatic heterocycles. The van der Waals surface area contributed by atoms with E-state index in [9.17, 15) is 4.79 Å². The Morgan fingerprint density at radius 1 is 1.11 bits per heavy atom. The fourth-order valence-electron chi connectivity index (χ4n) is 6.47. The first-order valence-electron chi connectivity index (χ1n) is 7.57. The summed E-state index contributed by atoms with van der Waals surface area (Å²) in [4.78, 5) is 11.0. The third kappa shape index (κ3) is 2.08. The zero-order chi connectivity index (χ0) is 13.0. The monoisotopic (exact) mass is 249 g/mol. The minimum Gasteiger partial charge on any atom is -0.356 e. The molecule has 0 aromatic rings. The molecule has 0 spiro atoms. The van der Waals surface area contributed by atoms with Gasteiger partial charge in [0.25, 0.3) is 0 Å². The van der Waals surface area contributed by atoms with E-state index < -0.39 is 0 Å². The fourth-order valence-corrected chi connectivity index (χ4v) is 6.47. The molecule has 0 aromatic heterocycles. The third-order valence-electron chi connectivity index (χ3n) is 5.77. The molecule has 4 rings (SSSR count). The molecule has 4 bridgehead atoms. The van der Waals surface area contributed by atoms with E-state index in [-0.39, 0.29) is 5.91 Å². The van der Waals surface area contributed by atoms with E-state index in [1.165, 1.54) is 44.9 Å². The molecule has 0 aromatic carbocycles. The molecule has 102 valence electrons. The maximum atomic E-state index is 11.0. The van der Waals surface area contributed by atoms with Crippen LogP contribution in [0.2, 0.25) is 0 Å². The summed E-state index contributed by atoms with van der Waals surface area (Å²) in [6.45, 7) is 7.54. The molecule has 4 aliphatic rings. The van der Waals surface area contributed by atoms with Gasteiger partial charge in [0.1, 0.15) is 0 Å². The summed E-state index contributed by atoms with van der Waals surface area (Å²) >= 11 is 0. The quantitative estimate of drug-likeness (QED) is 0.815. The normalized spacial score (nSPS) is 49.4. The van der Waals surface area contributed by atoms with Crippen molar-refractivity contribution in [2.75, 3.05) is 6.54 Å². The minimum absolute atomic E-state index is 0.122. The Morgan fingerprint density at radius 3 is 2.22 bits per heavy atom. The van der Waals surface area contributed by atoms with Gasteiger partial charge < -0.3 is 5.32 Å². The van der Waals surface area contributed by atoms with Crippen LogP contribution in [0, 0.1) is 22.2 Å². The summed E-state index contributed by atoms with van der Waals surface area (Å²) in [6.07, 6.45) is 9.82. The van der Waals surface area contributed by atoms with Crippen LogP contribution < -0.4 is 5.32 Å². The summed E-state index contributed by atoms with van der Waals surface area (Å²) < 4.78 is 0. The predicted molar refractivity (Wildman–Crippen MR) is 73.1 cm³/mol. The summed E-state index contributed by atoms with van der Waals surface area (Å²) in [7, 11) is 0. The van der Waals surface area contributed by atoms with Gasteiger partial charge in [-0.3, -0.25) is 4.79 Å². The molecule has 18 heavy (non-hydrogen) atoms. The Balaban J connectivity index is 1.74. The van der Waals surface area contributed by atoms with Gasteiger partial charge in [-0.15, -0.1) is 0 Å². The van der Waals surface area contributed by atoms with Gasteiger partial charge in [-0.05, 0) is 67.1 Å². The molecule has 4 aliphatic carbocycles. The maximum absolute atomic E-state index is 11.0. The first kappa shape index (κ1) is 12.5. The summed E-state index contributed by atoms with van der Waals surface area (Å²) in [6, 6.07) is 0. The van der Waals surface area contributed by atoms with Crippen molar-refractivity contribution in [3.8, 4) is 0 Å². The number of hydrogen-bond donors (Lipinski definition) is 1. The molecule has 0 saturated heterocycles. The van der Waals surface area contributed by atoms with Crippen LogP contribution in [-0.2, 0) is 4.79 Å². The lowest BCUT2D eigenvalue weighted by molar-refractivity contribution is -0.147. The van der Waals surface area contributed by atoms with Crippen molar-refractivity contribution in [3.63, 3.8) is 0 Å². The van der Waals surface area contributed by atoms with Gasteiger partial charge in [0, 0.05) is 13.5 Å². The molecule has 0 radical (unpaired) electrons. The van der Waals surface area contributed by atoms with Crippen LogP contribution in [0.3, 0.4) is 0 Å². The zero-order valence-corrected chi connectivity index (χ0v) is 12.1. The molecule has 2 unspecified atom stereocenters. The van der Waals surface area contributed by atoms with Crippen LogP contribution >= 0.6 is 0 Å². The van der Waals surface area contributed by atoms with E-state index in [1.807, 2.05) is 0 Å². The van der Waals surface area contributed by atoms with E-state index >= 15 is 0 Å². The van der Waals surface area contributed by atoms with Gasteiger partial charge in [0.15, 0.2) is 0 Å². The molecule has 2 nitrogen and oxygen atoms in total. The summed E-state index contributed by atoms with van der Waals surface area (Å²) in [5.74, 6) is 1.09. The van der Waals surface area contributed by atoms with Gasteiger partial charge >= 0.3 is 0 Å². The molecule has 2 atom stereocenters. The second-order valence-corrected chi connectivity index (χ2v) is 8.36. The highest BCUT2D eigenvalue weighted by Crippen LogP contribution is 2.70. The lowest BCUT2D eigenvalue weighted by atomic mass is 9.40. The Labute approximate surface area is 111 Å². The second kappa shape index (κ2) is 3.74. The van der Waals surface area contributed by atoms with Crippen molar-refractivity contribution >= 4 is 5.91 Å². The zero-order valence-electron chi connectivity index (χ0n) is 12.1. The van der Waals surface area contributed by atoms with Gasteiger partial charge in [0.05, 0.1) is 0 Å². The summed E-state index contributed by atoms with van der Waals surface area (Å²) in [5, 5.41) is 3.01. The lowest BCUT2D eigenvalue weighted by Crippen LogP contribution is -2.55. The predicted octanol–water partition coefficient (Wildman–Crippen LogP) is 3.51. The van der Waals surface area contributed by atoms with Crippen LogP contribution in [0.4, 0.5) is 0 Å². The molecular formula is C16H27NO. The van der Waals surface area contributed by atoms with Gasteiger partial charge in [0.2, 0.25) is 5.91 Å². The standard InChI is InChI=1S/C16H27NO/c1-12(18)17-5-4-16-8-13-6-14(2,10-16)9-15(3,7-13)11-16/h13H,4-11H2,1-3H3,(H,17,18). The van der Waals surface area contributed by atoms with Gasteiger partial charge in [-0.1, -0.05) is 13.8 Å². The minimum atomic E-state index is 0.122. The first-order chi connectivity index (χ1) is 8.32. The number of rotatable bonds is 3. The maximum Gasteiger partial charge on any atom is 0.216 e. The van der Waals surface area contributed by atoms with E-state index in [0.717, 1.165) is 12.5 Å². The van der Waals surface area contributed by atoms with Gasteiger partial charge in [-0.25, -0.2) is 0 Å². The number of amides is 1. The average molecular weight is 249 g/mol. The molecule has 4 fully saturated rings. The smallest absolute Gasteiger partial charge is 0.216 e. The Morgan fingerprint density at radius 2 is 1.72 bits per heavy atom. The SMILES string of the molecule is CC(=O)NCCC12CC3CC(C)(CC(C)(C3)C1)C2. The molecule has 1 N–H and O–H groups in total. The van der Waals surface area contributed by atoms with Crippen LogP contribution in [0.25, 0.3) is 0 Å². The number of carbonyl (C=O) groups is 1. The first-order valence-corrected chi connectivity index (χ1v) is 7.57. The van der Waals surface area contributed by atoms with Crippen LogP contribution in [-0.4, -0.2) is 12.5 Å². The number of carbonyl (C=O) groups excluding carboxylic acids is 1. The Bertz CT molecular complexity index is 357. The van der Waals surface area contributed by atoms with E-state index in [0.29, 0.717) is 16.2 Å². The molecule has 4 saturated carbocycles. The van der Waals surface area contributed by atoms with Crippen molar-refractivity contribution in [2.45, 2.75) is 65.7 Å². The van der Waals surface area contributed by atoms with Crippen molar-refractivity contribution in [1.29, 1.82) is 0 Å². The van der Waals surface area contributed by atoms with Crippen molar-refractivity contribution < 1.29 is 4.79 Å². The van der Waals surface area contributed by atoms with Crippen LogP contribution in [0.15, 0.2) is 0 Å². The van der Waals surface area contributed by atoms with E-state index in [1.54, 1.807) is 6.92 Å². The van der Waals surface area contributed by atoms with Crippen molar-refractivity contribution in [3.05, 3.63) is 0 Å². The summed E-state index contributed by atoms with van der Waals surface area (Å²) in [5.41, 5.74) is 1.75. The fraction of sp³-hybridized carbons (Fsp3) is 0.938. The number of nitrogens with one attached hydrogen (secondary N) is 1. The van der Waals surface area contributed by atoms with Crippen molar-refractivity contribution in [1.82, 2.24) is 5.32 Å². The van der Waals surface area contributed by atoms with E-state index in [4.69, 9.17) is 0 Å². The molecule has 2 heteroatoms. The molecular weight excluding hydrogens is 222 g/mol. The highest BCUT2D eigenvalue weighted by Gasteiger charge is 2.59. The topological polar surface area (TPSA) is 29.1 Å². The van der Waals surface area contributed by atoms with Crippen LogP contribution in [0.5, 0.6) is 0 Å². The van der Waals surface area contributed by atoms with Crippen molar-refractivity contribution in [2.24, 2.45) is 22.2 Å². The second-order valence-electron chi connectivity index (χ2n) is 8.36. The van der Waals surface area contributed by atoms with E-state index in [2.05, 4.69) is 19.2 Å². The lowest BCUT2D eigenvalue weighted by Gasteiger charge is -2.65. The molecule has 0 heterocycles. The Kier molecular flexibility index (Phi) is 2.60. The largest absolute Gasteiger partial charge is 0.356 e. The highest BCUT2D eigenvalue weighted by atomic mass is 16.1. The third-order valence-corrected chi connectivity index (χ3v) is 5.77. The van der Waals surface area contributed by atoms with Gasteiger partial charge in [-0.2, -0.15) is 0 Å². The average Bonchev–Trinajstić information content (AvgIpc) is 2.09. The highest BCUT2D eigenvalue weighted by molar-refractivity contribution is 5.72. The number of hydrogen-bond acceptors (Lipinski definition) is 1.